The van der Waals surface area contributed by atoms with Crippen molar-refractivity contribution in [2.75, 3.05) is 6.61 Å². The molecule has 14 heavy (non-hydrogen) atoms. The lowest BCUT2D eigenvalue weighted by Gasteiger charge is -2.30. The molecule has 0 fully saturated rings. The summed E-state index contributed by atoms with van der Waals surface area (Å²) >= 11 is 0. The van der Waals surface area contributed by atoms with Crippen molar-refractivity contribution in [2.45, 2.75) is 53.5 Å². The van der Waals surface area contributed by atoms with Gasteiger partial charge in [-0.1, -0.05) is 34.6 Å². The summed E-state index contributed by atoms with van der Waals surface area (Å²) in [4.78, 5) is 11.3. The molecule has 3 heteroatoms. The first-order valence-corrected chi connectivity index (χ1v) is 5.35. The van der Waals surface area contributed by atoms with Crippen molar-refractivity contribution in [3.05, 3.63) is 0 Å². The fraction of sp³-hybridized carbons (Fsp3) is 0.909. The van der Waals surface area contributed by atoms with Gasteiger partial charge in [0.25, 0.3) is 0 Å². The Morgan fingerprint density at radius 3 is 2.29 bits per heavy atom. The van der Waals surface area contributed by atoms with E-state index in [2.05, 4.69) is 33.0 Å². The Balaban J connectivity index is 4.00. The molecule has 1 unspecified atom stereocenters. The summed E-state index contributed by atoms with van der Waals surface area (Å²) in [6.07, 6.45) is 1.48. The Hall–Kier alpha value is -0.730. The summed E-state index contributed by atoms with van der Waals surface area (Å²) in [7, 11) is 0. The van der Waals surface area contributed by atoms with Gasteiger partial charge >= 0.3 is 6.09 Å². The smallest absolute Gasteiger partial charge is 0.407 e. The second-order valence-electron chi connectivity index (χ2n) is 4.61. The molecule has 0 aliphatic carbocycles. The second kappa shape index (κ2) is 5.89. The summed E-state index contributed by atoms with van der Waals surface area (Å²) in [5.74, 6) is 0. The zero-order valence-electron chi connectivity index (χ0n) is 10.0. The highest BCUT2D eigenvalue weighted by atomic mass is 16.5. The van der Waals surface area contributed by atoms with Crippen LogP contribution in [0.25, 0.3) is 0 Å². The second-order valence-corrected chi connectivity index (χ2v) is 4.61. The molecule has 3 nitrogen and oxygen atoms in total. The van der Waals surface area contributed by atoms with Crippen molar-refractivity contribution in [1.29, 1.82) is 0 Å². The lowest BCUT2D eigenvalue weighted by atomic mass is 9.85. The fourth-order valence-corrected chi connectivity index (χ4v) is 1.31. The summed E-state index contributed by atoms with van der Waals surface area (Å²) in [5, 5.41) is 2.88. The van der Waals surface area contributed by atoms with Crippen LogP contribution in [0.3, 0.4) is 0 Å². The molecule has 0 spiro atoms. The monoisotopic (exact) mass is 201 g/mol. The first-order chi connectivity index (χ1) is 6.41. The SMILES string of the molecule is CCCOC(=O)NC(CC)C(C)(C)C. The summed E-state index contributed by atoms with van der Waals surface area (Å²) in [6.45, 7) is 10.9. The minimum Gasteiger partial charge on any atom is -0.450 e. The van der Waals surface area contributed by atoms with E-state index in [0.29, 0.717) is 6.61 Å². The van der Waals surface area contributed by atoms with Crippen molar-refractivity contribution in [2.24, 2.45) is 5.41 Å². The first kappa shape index (κ1) is 13.3. The van der Waals surface area contributed by atoms with Crippen molar-refractivity contribution in [3.63, 3.8) is 0 Å². The number of ether oxygens (including phenoxy) is 1. The Morgan fingerprint density at radius 1 is 1.36 bits per heavy atom. The van der Waals surface area contributed by atoms with Crippen molar-refractivity contribution in [3.8, 4) is 0 Å². The number of rotatable bonds is 4. The molecule has 0 saturated heterocycles. The fourth-order valence-electron chi connectivity index (χ4n) is 1.31. The van der Waals surface area contributed by atoms with E-state index in [9.17, 15) is 4.79 Å². The standard InChI is InChI=1S/C11H23NO2/c1-6-8-14-10(13)12-9(7-2)11(3,4)5/h9H,6-8H2,1-5H3,(H,12,13). The van der Waals surface area contributed by atoms with E-state index in [-0.39, 0.29) is 17.6 Å². The van der Waals surface area contributed by atoms with Crippen LogP contribution in [0.1, 0.15) is 47.5 Å². The Bertz CT molecular complexity index is 173. The van der Waals surface area contributed by atoms with Gasteiger partial charge in [-0.2, -0.15) is 0 Å². The number of carbonyl (C=O) groups excluding carboxylic acids is 1. The minimum atomic E-state index is -0.298. The van der Waals surface area contributed by atoms with Crippen LogP contribution < -0.4 is 5.32 Å². The maximum atomic E-state index is 11.3. The third-order valence-corrected chi connectivity index (χ3v) is 2.18. The van der Waals surface area contributed by atoms with Crippen LogP contribution in [-0.4, -0.2) is 18.7 Å². The highest BCUT2D eigenvalue weighted by Crippen LogP contribution is 2.21. The maximum Gasteiger partial charge on any atom is 0.407 e. The molecular formula is C11H23NO2. The normalized spacial score (nSPS) is 13.5. The molecule has 1 amide bonds. The molecule has 1 N–H and O–H groups in total. The minimum absolute atomic E-state index is 0.0833. The zero-order valence-corrected chi connectivity index (χ0v) is 10.0. The highest BCUT2D eigenvalue weighted by Gasteiger charge is 2.24. The molecule has 0 aliphatic heterocycles. The average Bonchev–Trinajstić information content (AvgIpc) is 2.08. The van der Waals surface area contributed by atoms with Crippen LogP contribution in [-0.2, 0) is 4.74 Å². The van der Waals surface area contributed by atoms with Crippen molar-refractivity contribution < 1.29 is 9.53 Å². The summed E-state index contributed by atoms with van der Waals surface area (Å²) in [6, 6.07) is 0.173. The van der Waals surface area contributed by atoms with E-state index in [4.69, 9.17) is 4.74 Å². The molecule has 0 radical (unpaired) electrons. The van der Waals surface area contributed by atoms with Gasteiger partial charge in [-0.25, -0.2) is 4.79 Å². The van der Waals surface area contributed by atoms with E-state index >= 15 is 0 Å². The maximum absolute atomic E-state index is 11.3. The Morgan fingerprint density at radius 2 is 1.93 bits per heavy atom. The van der Waals surface area contributed by atoms with E-state index in [1.165, 1.54) is 0 Å². The first-order valence-electron chi connectivity index (χ1n) is 5.35. The molecule has 84 valence electrons. The molecule has 0 aromatic rings. The molecule has 0 heterocycles. The van der Waals surface area contributed by atoms with E-state index < -0.39 is 0 Å². The average molecular weight is 201 g/mol. The zero-order chi connectivity index (χ0) is 11.2. The van der Waals surface area contributed by atoms with Crippen LogP contribution in [0.5, 0.6) is 0 Å². The number of hydrogen-bond acceptors (Lipinski definition) is 2. The third kappa shape index (κ3) is 5.10. The molecule has 0 rings (SSSR count). The van der Waals surface area contributed by atoms with E-state index in [1.807, 2.05) is 6.92 Å². The van der Waals surface area contributed by atoms with Gasteiger partial charge in [-0.05, 0) is 18.3 Å². The van der Waals surface area contributed by atoms with Crippen molar-refractivity contribution in [1.82, 2.24) is 5.32 Å². The molecule has 0 aliphatic rings. The number of nitrogens with one attached hydrogen (secondary N) is 1. The van der Waals surface area contributed by atoms with Crippen molar-refractivity contribution >= 4 is 6.09 Å². The number of carbonyl (C=O) groups is 1. The van der Waals surface area contributed by atoms with Gasteiger partial charge in [-0.15, -0.1) is 0 Å². The van der Waals surface area contributed by atoms with Crippen LogP contribution in [0.2, 0.25) is 0 Å². The number of alkyl carbamates (subject to hydrolysis) is 1. The van der Waals surface area contributed by atoms with Gasteiger partial charge in [0.05, 0.1) is 6.61 Å². The van der Waals surface area contributed by atoms with Gasteiger partial charge < -0.3 is 10.1 Å². The van der Waals surface area contributed by atoms with E-state index in [0.717, 1.165) is 12.8 Å². The molecule has 0 saturated carbocycles. The number of hydrogen-bond donors (Lipinski definition) is 1. The van der Waals surface area contributed by atoms with Crippen LogP contribution in [0.4, 0.5) is 4.79 Å². The molecular weight excluding hydrogens is 178 g/mol. The highest BCUT2D eigenvalue weighted by molar-refractivity contribution is 5.67. The lowest BCUT2D eigenvalue weighted by Crippen LogP contribution is -2.43. The van der Waals surface area contributed by atoms with Gasteiger partial charge in [0.15, 0.2) is 0 Å². The number of amides is 1. The summed E-state index contributed by atoms with van der Waals surface area (Å²) < 4.78 is 4.97. The van der Waals surface area contributed by atoms with E-state index in [1.54, 1.807) is 0 Å². The molecule has 0 aromatic carbocycles. The van der Waals surface area contributed by atoms with Crippen LogP contribution in [0.15, 0.2) is 0 Å². The topological polar surface area (TPSA) is 38.3 Å². The molecule has 1 atom stereocenters. The Labute approximate surface area is 87.2 Å². The quantitative estimate of drug-likeness (QED) is 0.759. The predicted octanol–water partition coefficient (Wildman–Crippen LogP) is 2.95. The molecule has 0 aromatic heterocycles. The molecule has 0 bridgehead atoms. The van der Waals surface area contributed by atoms with Gasteiger partial charge in [0.2, 0.25) is 0 Å². The Kier molecular flexibility index (Phi) is 5.58. The van der Waals surface area contributed by atoms with Crippen LogP contribution >= 0.6 is 0 Å². The third-order valence-electron chi connectivity index (χ3n) is 2.18. The largest absolute Gasteiger partial charge is 0.450 e. The van der Waals surface area contributed by atoms with Gasteiger partial charge in [-0.3, -0.25) is 0 Å². The predicted molar refractivity (Wildman–Crippen MR) is 58.3 cm³/mol. The lowest BCUT2D eigenvalue weighted by molar-refractivity contribution is 0.131. The summed E-state index contributed by atoms with van der Waals surface area (Å²) in [5.41, 5.74) is 0.0833. The van der Waals surface area contributed by atoms with Crippen LogP contribution in [0, 0.1) is 5.41 Å². The van der Waals surface area contributed by atoms with Gasteiger partial charge in [0, 0.05) is 6.04 Å². The van der Waals surface area contributed by atoms with Gasteiger partial charge in [0.1, 0.15) is 0 Å².